The largest absolute Gasteiger partial charge is 0.482 e. The average Bonchev–Trinajstić information content (AvgIpc) is 1.95. The van der Waals surface area contributed by atoms with E-state index >= 15 is 0 Å². The van der Waals surface area contributed by atoms with E-state index in [-0.39, 0.29) is 4.95 Å². The molecule has 1 heterocycles. The summed E-state index contributed by atoms with van der Waals surface area (Å²) >= 11 is 3.45. The average molecular weight is 204 g/mol. The van der Waals surface area contributed by atoms with Gasteiger partial charge in [0.15, 0.2) is 5.88 Å². The standard InChI is InChI=1S/C7H10BrNO/c1-9-6(8)4-3-5-7(9)10-2/h3-6H,1-2H3. The van der Waals surface area contributed by atoms with Crippen molar-refractivity contribution in [3.63, 3.8) is 0 Å². The second kappa shape index (κ2) is 3.10. The predicted octanol–water partition coefficient (Wildman–Crippen LogP) is 1.70. The van der Waals surface area contributed by atoms with E-state index in [0.29, 0.717) is 0 Å². The number of rotatable bonds is 1. The molecule has 2 nitrogen and oxygen atoms in total. The van der Waals surface area contributed by atoms with E-state index < -0.39 is 0 Å². The zero-order chi connectivity index (χ0) is 7.56. The van der Waals surface area contributed by atoms with E-state index in [9.17, 15) is 0 Å². The van der Waals surface area contributed by atoms with Crippen molar-refractivity contribution in [2.24, 2.45) is 0 Å². The van der Waals surface area contributed by atoms with Gasteiger partial charge < -0.3 is 9.64 Å². The van der Waals surface area contributed by atoms with Crippen LogP contribution in [0.2, 0.25) is 0 Å². The van der Waals surface area contributed by atoms with Gasteiger partial charge >= 0.3 is 0 Å². The third-order valence-corrected chi connectivity index (χ3v) is 2.35. The van der Waals surface area contributed by atoms with Crippen molar-refractivity contribution in [3.05, 3.63) is 24.1 Å². The van der Waals surface area contributed by atoms with Crippen molar-refractivity contribution in [3.8, 4) is 0 Å². The van der Waals surface area contributed by atoms with Gasteiger partial charge in [0.25, 0.3) is 0 Å². The Hall–Kier alpha value is -0.440. The Kier molecular flexibility index (Phi) is 2.38. The van der Waals surface area contributed by atoms with Crippen LogP contribution in [0.25, 0.3) is 0 Å². The van der Waals surface area contributed by atoms with Crippen molar-refractivity contribution < 1.29 is 4.74 Å². The van der Waals surface area contributed by atoms with Gasteiger partial charge in [-0.3, -0.25) is 0 Å². The molecule has 10 heavy (non-hydrogen) atoms. The number of allylic oxidation sites excluding steroid dienone is 2. The second-order valence-corrected chi connectivity index (χ2v) is 3.02. The van der Waals surface area contributed by atoms with Gasteiger partial charge in [0.05, 0.1) is 7.11 Å². The van der Waals surface area contributed by atoms with Crippen LogP contribution in [0.5, 0.6) is 0 Å². The lowest BCUT2D eigenvalue weighted by Gasteiger charge is -2.26. The first kappa shape index (κ1) is 7.66. The monoisotopic (exact) mass is 203 g/mol. The summed E-state index contributed by atoms with van der Waals surface area (Å²) < 4.78 is 5.08. The number of ether oxygens (including phenoxy) is 1. The Morgan fingerprint density at radius 1 is 1.70 bits per heavy atom. The zero-order valence-electron chi connectivity index (χ0n) is 6.04. The van der Waals surface area contributed by atoms with Crippen LogP contribution in [0, 0.1) is 0 Å². The van der Waals surface area contributed by atoms with Gasteiger partial charge in [0.1, 0.15) is 4.95 Å². The quantitative estimate of drug-likeness (QED) is 0.476. The minimum Gasteiger partial charge on any atom is -0.482 e. The Balaban J connectivity index is 2.71. The molecule has 1 aliphatic heterocycles. The number of methoxy groups -OCH3 is 1. The molecular formula is C7H10BrNO. The van der Waals surface area contributed by atoms with Crippen molar-refractivity contribution in [2.75, 3.05) is 14.2 Å². The number of hydrogen-bond acceptors (Lipinski definition) is 2. The fourth-order valence-electron chi connectivity index (χ4n) is 0.810. The fourth-order valence-corrected chi connectivity index (χ4v) is 1.19. The van der Waals surface area contributed by atoms with E-state index in [1.807, 2.05) is 30.2 Å². The maximum Gasteiger partial charge on any atom is 0.189 e. The lowest BCUT2D eigenvalue weighted by atomic mass is 10.3. The molecule has 1 atom stereocenters. The first-order valence-corrected chi connectivity index (χ1v) is 3.96. The van der Waals surface area contributed by atoms with E-state index in [1.165, 1.54) is 0 Å². The highest BCUT2D eigenvalue weighted by Gasteiger charge is 2.13. The second-order valence-electron chi connectivity index (χ2n) is 2.08. The molecule has 0 amide bonds. The van der Waals surface area contributed by atoms with Gasteiger partial charge in [0, 0.05) is 7.05 Å². The van der Waals surface area contributed by atoms with Crippen LogP contribution in [-0.4, -0.2) is 24.0 Å². The van der Waals surface area contributed by atoms with E-state index in [4.69, 9.17) is 4.74 Å². The third kappa shape index (κ3) is 1.34. The summed E-state index contributed by atoms with van der Waals surface area (Å²) in [6.45, 7) is 0. The number of alkyl halides is 1. The Bertz CT molecular complexity index is 176. The maximum absolute atomic E-state index is 5.08. The van der Waals surface area contributed by atoms with Gasteiger partial charge in [-0.25, -0.2) is 0 Å². The normalized spacial score (nSPS) is 24.5. The molecule has 0 aromatic heterocycles. The molecule has 3 heteroatoms. The molecular weight excluding hydrogens is 194 g/mol. The summed E-state index contributed by atoms with van der Waals surface area (Å²) in [6.07, 6.45) is 5.94. The number of hydrogen-bond donors (Lipinski definition) is 0. The van der Waals surface area contributed by atoms with Gasteiger partial charge in [-0.2, -0.15) is 0 Å². The first-order chi connectivity index (χ1) is 4.75. The molecule has 0 spiro atoms. The molecule has 0 N–H and O–H groups in total. The number of likely N-dealkylation sites (N-methyl/N-ethyl adjacent to an activating group) is 1. The molecule has 0 saturated heterocycles. The molecule has 0 radical (unpaired) electrons. The molecule has 0 saturated carbocycles. The van der Waals surface area contributed by atoms with Gasteiger partial charge in [0.2, 0.25) is 0 Å². The van der Waals surface area contributed by atoms with Gasteiger partial charge in [-0.05, 0) is 6.08 Å². The third-order valence-electron chi connectivity index (χ3n) is 1.44. The summed E-state index contributed by atoms with van der Waals surface area (Å²) in [4.78, 5) is 2.26. The van der Waals surface area contributed by atoms with Gasteiger partial charge in [-0.1, -0.05) is 28.1 Å². The highest BCUT2D eigenvalue weighted by atomic mass is 79.9. The van der Waals surface area contributed by atoms with Crippen LogP contribution in [0.4, 0.5) is 0 Å². The smallest absolute Gasteiger partial charge is 0.189 e. The Morgan fingerprint density at radius 3 is 2.90 bits per heavy atom. The summed E-state index contributed by atoms with van der Waals surface area (Å²) in [6, 6.07) is 0. The minimum absolute atomic E-state index is 0.257. The van der Waals surface area contributed by atoms with Crippen LogP contribution in [0.3, 0.4) is 0 Å². The first-order valence-electron chi connectivity index (χ1n) is 3.05. The van der Waals surface area contributed by atoms with E-state index in [0.717, 1.165) is 5.88 Å². The van der Waals surface area contributed by atoms with E-state index in [1.54, 1.807) is 7.11 Å². The highest BCUT2D eigenvalue weighted by Crippen LogP contribution is 2.17. The summed E-state index contributed by atoms with van der Waals surface area (Å²) in [5, 5.41) is 0. The summed E-state index contributed by atoms with van der Waals surface area (Å²) in [5.41, 5.74) is 0. The molecule has 0 aromatic carbocycles. The van der Waals surface area contributed by atoms with E-state index in [2.05, 4.69) is 15.9 Å². The van der Waals surface area contributed by atoms with Crippen LogP contribution in [-0.2, 0) is 4.74 Å². The van der Waals surface area contributed by atoms with Crippen molar-refractivity contribution in [2.45, 2.75) is 4.95 Å². The highest BCUT2D eigenvalue weighted by molar-refractivity contribution is 9.09. The van der Waals surface area contributed by atoms with Crippen molar-refractivity contribution in [1.29, 1.82) is 0 Å². The SMILES string of the molecule is COC1=CC=CC(Br)N1C. The molecule has 0 aromatic rings. The van der Waals surface area contributed by atoms with Crippen LogP contribution in [0.15, 0.2) is 24.1 Å². The van der Waals surface area contributed by atoms with Crippen LogP contribution >= 0.6 is 15.9 Å². The van der Waals surface area contributed by atoms with Crippen LogP contribution < -0.4 is 0 Å². The molecule has 1 unspecified atom stereocenters. The molecule has 56 valence electrons. The molecule has 0 fully saturated rings. The molecule has 1 rings (SSSR count). The van der Waals surface area contributed by atoms with Crippen molar-refractivity contribution in [1.82, 2.24) is 4.90 Å². The topological polar surface area (TPSA) is 12.5 Å². The Labute approximate surface area is 69.3 Å². The lowest BCUT2D eigenvalue weighted by molar-refractivity contribution is 0.176. The van der Waals surface area contributed by atoms with Crippen LogP contribution in [0.1, 0.15) is 0 Å². The number of halogens is 1. The molecule has 0 aliphatic carbocycles. The zero-order valence-corrected chi connectivity index (χ0v) is 7.63. The Morgan fingerprint density at radius 2 is 2.40 bits per heavy atom. The molecule has 0 bridgehead atoms. The lowest BCUT2D eigenvalue weighted by Crippen LogP contribution is -2.26. The van der Waals surface area contributed by atoms with Crippen molar-refractivity contribution >= 4 is 15.9 Å². The van der Waals surface area contributed by atoms with Gasteiger partial charge in [-0.15, -0.1) is 0 Å². The molecule has 1 aliphatic rings. The maximum atomic E-state index is 5.08. The summed E-state index contributed by atoms with van der Waals surface area (Å²) in [7, 11) is 3.64. The summed E-state index contributed by atoms with van der Waals surface area (Å²) in [5.74, 6) is 0.879. The number of nitrogens with zero attached hydrogens (tertiary/aromatic N) is 1. The minimum atomic E-state index is 0.257. The fraction of sp³-hybridized carbons (Fsp3) is 0.429. The predicted molar refractivity (Wildman–Crippen MR) is 44.7 cm³/mol.